The van der Waals surface area contributed by atoms with E-state index in [0.717, 1.165) is 6.42 Å². The van der Waals surface area contributed by atoms with Gasteiger partial charge in [0.05, 0.1) is 12.3 Å². The molecule has 0 saturated carbocycles. The number of nitrogens with zero attached hydrogens (tertiary/aromatic N) is 1. The first-order valence-electron chi connectivity index (χ1n) is 8.81. The summed E-state index contributed by atoms with van der Waals surface area (Å²) >= 11 is 5.80. The smallest absolute Gasteiger partial charge is 0.227 e. The lowest BCUT2D eigenvalue weighted by Gasteiger charge is -2.17. The van der Waals surface area contributed by atoms with Gasteiger partial charge in [0.1, 0.15) is 11.6 Å². The topological polar surface area (TPSA) is 58.6 Å². The highest BCUT2D eigenvalue weighted by molar-refractivity contribution is 6.30. The highest BCUT2D eigenvalue weighted by atomic mass is 35.5. The number of hydrogen-bond donors (Lipinski definition) is 1. The molecule has 27 heavy (non-hydrogen) atoms. The molecule has 7 heteroatoms. The Kier molecular flexibility index (Phi) is 6.29. The SMILES string of the molecule is O=C(CCCOc1ccc(Cl)cc1)Nc1cc(N2CCCC2=O)ccc1F. The van der Waals surface area contributed by atoms with Crippen molar-refractivity contribution in [2.45, 2.75) is 25.7 Å². The highest BCUT2D eigenvalue weighted by Crippen LogP contribution is 2.26. The zero-order valence-electron chi connectivity index (χ0n) is 14.7. The second-order valence-corrected chi connectivity index (χ2v) is 6.70. The van der Waals surface area contributed by atoms with Gasteiger partial charge in [0, 0.05) is 30.1 Å². The number of benzene rings is 2. The van der Waals surface area contributed by atoms with E-state index in [2.05, 4.69) is 5.32 Å². The number of nitrogens with one attached hydrogen (secondary N) is 1. The van der Waals surface area contributed by atoms with Gasteiger partial charge in [-0.25, -0.2) is 4.39 Å². The van der Waals surface area contributed by atoms with Crippen LogP contribution >= 0.6 is 11.6 Å². The van der Waals surface area contributed by atoms with E-state index < -0.39 is 5.82 Å². The Morgan fingerprint density at radius 3 is 2.70 bits per heavy atom. The van der Waals surface area contributed by atoms with Crippen LogP contribution in [0.4, 0.5) is 15.8 Å². The largest absolute Gasteiger partial charge is 0.494 e. The van der Waals surface area contributed by atoms with Crippen LogP contribution in [-0.4, -0.2) is 25.0 Å². The van der Waals surface area contributed by atoms with Crippen LogP contribution in [0.15, 0.2) is 42.5 Å². The molecule has 0 spiro atoms. The van der Waals surface area contributed by atoms with Crippen LogP contribution in [0.25, 0.3) is 0 Å². The molecule has 0 bridgehead atoms. The monoisotopic (exact) mass is 390 g/mol. The number of hydrogen-bond acceptors (Lipinski definition) is 3. The molecule has 0 radical (unpaired) electrons. The Labute approximate surface area is 162 Å². The molecular weight excluding hydrogens is 371 g/mol. The molecule has 1 N–H and O–H groups in total. The normalized spacial score (nSPS) is 13.7. The first-order valence-corrected chi connectivity index (χ1v) is 9.19. The fourth-order valence-corrected chi connectivity index (χ4v) is 2.99. The zero-order valence-corrected chi connectivity index (χ0v) is 15.5. The minimum Gasteiger partial charge on any atom is -0.494 e. The number of carbonyl (C=O) groups is 2. The van der Waals surface area contributed by atoms with Gasteiger partial charge in [0.15, 0.2) is 0 Å². The van der Waals surface area contributed by atoms with Gasteiger partial charge in [-0.15, -0.1) is 0 Å². The average molecular weight is 391 g/mol. The number of amides is 2. The van der Waals surface area contributed by atoms with E-state index in [0.29, 0.717) is 42.5 Å². The van der Waals surface area contributed by atoms with E-state index in [9.17, 15) is 14.0 Å². The van der Waals surface area contributed by atoms with E-state index in [-0.39, 0.29) is 23.9 Å². The fraction of sp³-hybridized carbons (Fsp3) is 0.300. The van der Waals surface area contributed by atoms with E-state index >= 15 is 0 Å². The van der Waals surface area contributed by atoms with E-state index in [4.69, 9.17) is 16.3 Å². The summed E-state index contributed by atoms with van der Waals surface area (Å²) in [6.07, 6.45) is 1.96. The van der Waals surface area contributed by atoms with Crippen LogP contribution in [0.3, 0.4) is 0 Å². The van der Waals surface area contributed by atoms with Gasteiger partial charge >= 0.3 is 0 Å². The summed E-state index contributed by atoms with van der Waals surface area (Å²) in [6.45, 7) is 0.972. The van der Waals surface area contributed by atoms with Crippen molar-refractivity contribution in [2.75, 3.05) is 23.4 Å². The van der Waals surface area contributed by atoms with Crippen LogP contribution in [0.5, 0.6) is 5.75 Å². The molecule has 0 atom stereocenters. The Morgan fingerprint density at radius 2 is 2.00 bits per heavy atom. The predicted octanol–water partition coefficient (Wildman–Crippen LogP) is 4.40. The summed E-state index contributed by atoms with van der Waals surface area (Å²) in [7, 11) is 0. The Bertz CT molecular complexity index is 826. The van der Waals surface area contributed by atoms with Crippen molar-refractivity contribution in [1.29, 1.82) is 0 Å². The number of anilines is 2. The van der Waals surface area contributed by atoms with Crippen molar-refractivity contribution in [1.82, 2.24) is 0 Å². The third-order valence-electron chi connectivity index (χ3n) is 4.24. The third-order valence-corrected chi connectivity index (χ3v) is 4.49. The van der Waals surface area contributed by atoms with Gasteiger partial charge < -0.3 is 15.0 Å². The van der Waals surface area contributed by atoms with E-state index in [1.807, 2.05) is 0 Å². The van der Waals surface area contributed by atoms with Crippen LogP contribution in [-0.2, 0) is 9.59 Å². The molecule has 1 aliphatic rings. The van der Waals surface area contributed by atoms with Gasteiger partial charge in [0.2, 0.25) is 11.8 Å². The summed E-state index contributed by atoms with van der Waals surface area (Å²) < 4.78 is 19.5. The van der Waals surface area contributed by atoms with Crippen LogP contribution < -0.4 is 15.0 Å². The highest BCUT2D eigenvalue weighted by Gasteiger charge is 2.22. The number of carbonyl (C=O) groups excluding carboxylic acids is 2. The summed E-state index contributed by atoms with van der Waals surface area (Å²) in [5.74, 6) is -0.151. The van der Waals surface area contributed by atoms with Crippen molar-refractivity contribution in [3.8, 4) is 5.75 Å². The maximum absolute atomic E-state index is 14.0. The lowest BCUT2D eigenvalue weighted by atomic mass is 10.2. The first-order chi connectivity index (χ1) is 13.0. The molecular formula is C20H20ClFN2O3. The molecule has 1 aliphatic heterocycles. The fourth-order valence-electron chi connectivity index (χ4n) is 2.86. The molecule has 0 aliphatic carbocycles. The van der Waals surface area contributed by atoms with Gasteiger partial charge in [-0.2, -0.15) is 0 Å². The van der Waals surface area contributed by atoms with Crippen molar-refractivity contribution in [2.24, 2.45) is 0 Å². The average Bonchev–Trinajstić information content (AvgIpc) is 3.08. The summed E-state index contributed by atoms with van der Waals surface area (Å²) in [6, 6.07) is 11.3. The molecule has 2 aromatic rings. The zero-order chi connectivity index (χ0) is 19.2. The predicted molar refractivity (Wildman–Crippen MR) is 103 cm³/mol. The van der Waals surface area contributed by atoms with Gasteiger partial charge in [-0.1, -0.05) is 11.6 Å². The Hall–Kier alpha value is -2.60. The minimum atomic E-state index is -0.531. The molecule has 2 aromatic carbocycles. The number of rotatable bonds is 7. The quantitative estimate of drug-likeness (QED) is 0.713. The molecule has 3 rings (SSSR count). The lowest BCUT2D eigenvalue weighted by Crippen LogP contribution is -2.24. The molecule has 0 unspecified atom stereocenters. The Balaban J connectivity index is 1.50. The van der Waals surface area contributed by atoms with Crippen LogP contribution in [0, 0.1) is 5.82 Å². The molecule has 1 heterocycles. The first kappa shape index (κ1) is 19.2. The van der Waals surface area contributed by atoms with Crippen molar-refractivity contribution in [3.05, 3.63) is 53.3 Å². The van der Waals surface area contributed by atoms with Crippen molar-refractivity contribution >= 4 is 34.8 Å². The summed E-state index contributed by atoms with van der Waals surface area (Å²) in [5, 5.41) is 3.20. The number of halogens is 2. The molecule has 1 fully saturated rings. The lowest BCUT2D eigenvalue weighted by molar-refractivity contribution is -0.117. The summed E-state index contributed by atoms with van der Waals surface area (Å²) in [5.41, 5.74) is 0.677. The van der Waals surface area contributed by atoms with Gasteiger partial charge in [-0.05, 0) is 55.3 Å². The van der Waals surface area contributed by atoms with Gasteiger partial charge in [0.25, 0.3) is 0 Å². The maximum Gasteiger partial charge on any atom is 0.227 e. The molecule has 0 aromatic heterocycles. The Morgan fingerprint density at radius 1 is 1.22 bits per heavy atom. The molecule has 1 saturated heterocycles. The summed E-state index contributed by atoms with van der Waals surface area (Å²) in [4.78, 5) is 25.5. The second-order valence-electron chi connectivity index (χ2n) is 6.27. The maximum atomic E-state index is 14.0. The second kappa shape index (κ2) is 8.86. The molecule has 2 amide bonds. The van der Waals surface area contributed by atoms with E-state index in [1.54, 1.807) is 35.2 Å². The molecule has 5 nitrogen and oxygen atoms in total. The minimum absolute atomic E-state index is 0.0123. The van der Waals surface area contributed by atoms with Crippen LogP contribution in [0.2, 0.25) is 5.02 Å². The van der Waals surface area contributed by atoms with Gasteiger partial charge in [-0.3, -0.25) is 9.59 Å². The number of ether oxygens (including phenoxy) is 1. The van der Waals surface area contributed by atoms with Crippen molar-refractivity contribution < 1.29 is 18.7 Å². The van der Waals surface area contributed by atoms with Crippen molar-refractivity contribution in [3.63, 3.8) is 0 Å². The standard InChI is InChI=1S/C20H20ClFN2O3/c21-14-5-8-16(9-6-14)27-12-2-3-19(25)23-18-13-15(7-10-17(18)22)24-11-1-4-20(24)26/h5-10,13H,1-4,11-12H2,(H,23,25). The van der Waals surface area contributed by atoms with E-state index in [1.165, 1.54) is 12.1 Å². The van der Waals surface area contributed by atoms with Crippen LogP contribution in [0.1, 0.15) is 25.7 Å². The third kappa shape index (κ3) is 5.20. The molecule has 142 valence electrons.